The van der Waals surface area contributed by atoms with Gasteiger partial charge in [-0.2, -0.15) is 18.3 Å². The Morgan fingerprint density at radius 3 is 2.15 bits per heavy atom. The van der Waals surface area contributed by atoms with Gasteiger partial charge in [0.15, 0.2) is 0 Å². The standard InChI is InChI=1S/C23H23F3N4O2.C2HF3O2/c1-23(25,26)14-29-8-10-30(11-9-29)22(32)18-12-15(6-7-19(18)24)13-20-16-4-2-3-5-17(16)21(31)28-27-20;3-2(4,5)1(6)7/h2-7,12H,8-11,13-14H2,1H3,(H,28,31);(H,6,7). The third kappa shape index (κ3) is 8.02. The number of hydrogen-bond acceptors (Lipinski definition) is 5. The molecule has 39 heavy (non-hydrogen) atoms. The van der Waals surface area contributed by atoms with Crippen molar-refractivity contribution in [2.24, 2.45) is 0 Å². The third-order valence-corrected chi connectivity index (χ3v) is 5.81. The van der Waals surface area contributed by atoms with Gasteiger partial charge in [0, 0.05) is 44.9 Å². The summed E-state index contributed by atoms with van der Waals surface area (Å²) in [5, 5.41) is 14.9. The zero-order valence-corrected chi connectivity index (χ0v) is 20.6. The summed E-state index contributed by atoms with van der Waals surface area (Å²) >= 11 is 0. The van der Waals surface area contributed by atoms with Gasteiger partial charge in [0.2, 0.25) is 0 Å². The highest BCUT2D eigenvalue weighted by Gasteiger charge is 2.38. The van der Waals surface area contributed by atoms with Gasteiger partial charge in [-0.1, -0.05) is 24.3 Å². The van der Waals surface area contributed by atoms with Gasteiger partial charge in [0.25, 0.3) is 17.4 Å². The molecular weight excluding hydrogens is 534 g/mol. The molecule has 0 bridgehead atoms. The van der Waals surface area contributed by atoms with E-state index in [1.54, 1.807) is 35.2 Å². The van der Waals surface area contributed by atoms with Gasteiger partial charge in [-0.05, 0) is 23.8 Å². The first-order valence-corrected chi connectivity index (χ1v) is 11.6. The van der Waals surface area contributed by atoms with Crippen molar-refractivity contribution in [3.63, 3.8) is 0 Å². The summed E-state index contributed by atoms with van der Waals surface area (Å²) in [4.78, 5) is 36.9. The SMILES string of the molecule is CC(F)(F)CN1CCN(C(=O)c2cc(Cc3n[nH]c(=O)c4ccccc34)ccc2F)CC1.O=C(O)C(F)(F)F. The zero-order valence-electron chi connectivity index (χ0n) is 20.6. The van der Waals surface area contributed by atoms with Crippen molar-refractivity contribution in [3.05, 3.63) is 75.5 Å². The fourth-order valence-electron chi connectivity index (χ4n) is 4.02. The molecule has 1 aliphatic rings. The van der Waals surface area contributed by atoms with Gasteiger partial charge in [-0.3, -0.25) is 14.5 Å². The van der Waals surface area contributed by atoms with Crippen LogP contribution < -0.4 is 5.56 Å². The highest BCUT2D eigenvalue weighted by molar-refractivity contribution is 5.95. The van der Waals surface area contributed by atoms with Crippen LogP contribution in [-0.2, 0) is 11.2 Å². The van der Waals surface area contributed by atoms with Crippen LogP contribution in [0.4, 0.5) is 26.3 Å². The lowest BCUT2D eigenvalue weighted by Crippen LogP contribution is -2.51. The average Bonchev–Trinajstić information content (AvgIpc) is 2.86. The number of carbonyl (C=O) groups excluding carboxylic acids is 1. The van der Waals surface area contributed by atoms with Crippen LogP contribution in [-0.4, -0.2) is 81.8 Å². The number of hydrogen-bond donors (Lipinski definition) is 2. The molecule has 2 aromatic carbocycles. The lowest BCUT2D eigenvalue weighted by atomic mass is 10.0. The Hall–Kier alpha value is -3.94. The first-order valence-electron chi connectivity index (χ1n) is 11.6. The van der Waals surface area contributed by atoms with Crippen molar-refractivity contribution in [1.82, 2.24) is 20.0 Å². The van der Waals surface area contributed by atoms with E-state index in [1.807, 2.05) is 0 Å². The quantitative estimate of drug-likeness (QED) is 0.463. The maximum Gasteiger partial charge on any atom is 0.490 e. The van der Waals surface area contributed by atoms with Crippen molar-refractivity contribution in [2.75, 3.05) is 32.7 Å². The number of aromatic nitrogens is 2. The Morgan fingerprint density at radius 1 is 1.00 bits per heavy atom. The summed E-state index contributed by atoms with van der Waals surface area (Å²) in [6.07, 6.45) is -4.78. The largest absolute Gasteiger partial charge is 0.490 e. The summed E-state index contributed by atoms with van der Waals surface area (Å²) in [5.41, 5.74) is 0.924. The lowest BCUT2D eigenvalue weighted by molar-refractivity contribution is -0.192. The molecule has 0 atom stereocenters. The lowest BCUT2D eigenvalue weighted by Gasteiger charge is -2.35. The molecule has 0 radical (unpaired) electrons. The fourth-order valence-corrected chi connectivity index (χ4v) is 4.02. The first-order chi connectivity index (χ1) is 18.2. The Balaban J connectivity index is 0.000000532. The second kappa shape index (κ2) is 11.8. The van der Waals surface area contributed by atoms with Crippen LogP contribution in [0.2, 0.25) is 0 Å². The summed E-state index contributed by atoms with van der Waals surface area (Å²) < 4.78 is 72.7. The Kier molecular flexibility index (Phi) is 8.99. The van der Waals surface area contributed by atoms with E-state index in [4.69, 9.17) is 9.90 Å². The van der Waals surface area contributed by atoms with Gasteiger partial charge in [-0.25, -0.2) is 23.1 Å². The van der Waals surface area contributed by atoms with Crippen LogP contribution in [0.1, 0.15) is 28.5 Å². The van der Waals surface area contributed by atoms with Gasteiger partial charge >= 0.3 is 12.1 Å². The third-order valence-electron chi connectivity index (χ3n) is 5.81. The molecular formula is C25H24F6N4O4. The minimum Gasteiger partial charge on any atom is -0.475 e. The number of H-pyrrole nitrogens is 1. The topological polar surface area (TPSA) is 107 Å². The molecule has 2 heterocycles. The molecule has 4 rings (SSSR count). The molecule has 1 aliphatic heterocycles. The molecule has 0 saturated carbocycles. The number of nitrogens with zero attached hydrogens (tertiary/aromatic N) is 3. The number of carbonyl (C=O) groups is 2. The van der Waals surface area contributed by atoms with Crippen molar-refractivity contribution in [3.8, 4) is 0 Å². The second-order valence-electron chi connectivity index (χ2n) is 8.98. The van der Waals surface area contributed by atoms with E-state index in [2.05, 4.69) is 10.2 Å². The number of halogens is 6. The van der Waals surface area contributed by atoms with Gasteiger partial charge in [0.1, 0.15) is 5.82 Å². The molecule has 1 aromatic heterocycles. The highest BCUT2D eigenvalue weighted by Crippen LogP contribution is 2.21. The van der Waals surface area contributed by atoms with E-state index in [9.17, 15) is 35.9 Å². The van der Waals surface area contributed by atoms with E-state index in [-0.39, 0.29) is 30.8 Å². The van der Waals surface area contributed by atoms with Gasteiger partial charge < -0.3 is 10.0 Å². The van der Waals surface area contributed by atoms with Crippen LogP contribution in [0.25, 0.3) is 10.8 Å². The average molecular weight is 558 g/mol. The summed E-state index contributed by atoms with van der Waals surface area (Å²) in [7, 11) is 0. The van der Waals surface area contributed by atoms with E-state index >= 15 is 0 Å². The molecule has 2 N–H and O–H groups in total. The van der Waals surface area contributed by atoms with Crippen molar-refractivity contribution >= 4 is 22.6 Å². The molecule has 210 valence electrons. The Morgan fingerprint density at radius 2 is 1.59 bits per heavy atom. The van der Waals surface area contributed by atoms with E-state index in [1.165, 1.54) is 17.0 Å². The monoisotopic (exact) mass is 558 g/mol. The number of nitrogens with one attached hydrogen (secondary N) is 1. The van der Waals surface area contributed by atoms with E-state index < -0.39 is 29.8 Å². The number of amides is 1. The zero-order chi connectivity index (χ0) is 29.0. The fraction of sp³-hybridized carbons (Fsp3) is 0.360. The number of carboxylic acids is 1. The minimum atomic E-state index is -5.08. The summed E-state index contributed by atoms with van der Waals surface area (Å²) in [5.74, 6) is -6.66. The number of benzene rings is 2. The molecule has 3 aromatic rings. The van der Waals surface area contributed by atoms with Crippen molar-refractivity contribution in [2.45, 2.75) is 25.4 Å². The van der Waals surface area contributed by atoms with Crippen LogP contribution in [0.15, 0.2) is 47.3 Å². The summed E-state index contributed by atoms with van der Waals surface area (Å²) in [6.45, 7) is 1.63. The molecule has 8 nitrogen and oxygen atoms in total. The predicted octanol–water partition coefficient (Wildman–Crippen LogP) is 3.70. The Bertz CT molecular complexity index is 1400. The number of fused-ring (bicyclic) bond motifs is 1. The molecule has 1 amide bonds. The molecule has 14 heteroatoms. The first kappa shape index (κ1) is 29.6. The van der Waals surface area contributed by atoms with Gasteiger partial charge in [0.05, 0.1) is 23.2 Å². The maximum atomic E-state index is 14.5. The van der Waals surface area contributed by atoms with Crippen LogP contribution in [0.3, 0.4) is 0 Å². The van der Waals surface area contributed by atoms with Crippen LogP contribution in [0, 0.1) is 5.82 Å². The number of piperazine rings is 1. The van der Waals surface area contributed by atoms with E-state index in [0.29, 0.717) is 41.5 Å². The van der Waals surface area contributed by atoms with Crippen molar-refractivity contribution < 1.29 is 41.0 Å². The summed E-state index contributed by atoms with van der Waals surface area (Å²) in [6, 6.07) is 11.4. The minimum absolute atomic E-state index is 0.0644. The molecule has 1 saturated heterocycles. The molecule has 0 spiro atoms. The Labute approximate surface area is 217 Å². The number of alkyl halides is 5. The smallest absolute Gasteiger partial charge is 0.475 e. The molecule has 1 fully saturated rings. The molecule has 0 aliphatic carbocycles. The highest BCUT2D eigenvalue weighted by atomic mass is 19.4. The van der Waals surface area contributed by atoms with Crippen molar-refractivity contribution in [1.29, 1.82) is 0 Å². The number of rotatable bonds is 5. The van der Waals surface area contributed by atoms with E-state index in [0.717, 1.165) is 6.92 Å². The van der Waals surface area contributed by atoms with Crippen LogP contribution >= 0.6 is 0 Å². The predicted molar refractivity (Wildman–Crippen MR) is 128 cm³/mol. The number of aliphatic carboxylic acids is 1. The normalized spacial score (nSPS) is 14.6. The second-order valence-corrected chi connectivity index (χ2v) is 8.98. The number of carboxylic acid groups (broad SMARTS) is 1. The maximum absolute atomic E-state index is 14.5. The van der Waals surface area contributed by atoms with Crippen LogP contribution in [0.5, 0.6) is 0 Å². The van der Waals surface area contributed by atoms with Gasteiger partial charge in [-0.15, -0.1) is 0 Å². The number of aromatic amines is 1. The molecule has 0 unspecified atom stereocenters.